The van der Waals surface area contributed by atoms with Crippen molar-refractivity contribution in [2.24, 2.45) is 0 Å². The van der Waals surface area contributed by atoms with Gasteiger partial charge in [0.25, 0.3) is 0 Å². The number of aryl methyl sites for hydroxylation is 1. The van der Waals surface area contributed by atoms with E-state index in [1.54, 1.807) is 4.90 Å². The third-order valence-electron chi connectivity index (χ3n) is 4.45. The molecule has 1 saturated heterocycles. The zero-order valence-corrected chi connectivity index (χ0v) is 15.2. The van der Waals surface area contributed by atoms with Crippen molar-refractivity contribution in [3.8, 4) is 0 Å². The monoisotopic (exact) mass is 402 g/mol. The van der Waals surface area contributed by atoms with Crippen LogP contribution in [0.5, 0.6) is 0 Å². The molecule has 0 spiro atoms. The number of carbonyl (C=O) groups excluding carboxylic acids is 1. The van der Waals surface area contributed by atoms with E-state index in [0.29, 0.717) is 25.9 Å². The summed E-state index contributed by atoms with van der Waals surface area (Å²) >= 11 is 1.29. The molecule has 0 atom stereocenters. The Bertz CT molecular complexity index is 853. The molecule has 0 aromatic carbocycles. The van der Waals surface area contributed by atoms with Crippen LogP contribution in [0.1, 0.15) is 45.5 Å². The molecule has 1 amide bonds. The van der Waals surface area contributed by atoms with E-state index in [1.807, 2.05) is 0 Å². The van der Waals surface area contributed by atoms with E-state index < -0.39 is 17.8 Å². The summed E-state index contributed by atoms with van der Waals surface area (Å²) in [7, 11) is 0. The Balaban J connectivity index is 1.58. The van der Waals surface area contributed by atoms with E-state index in [1.165, 1.54) is 29.8 Å². The maximum atomic E-state index is 12.8. The van der Waals surface area contributed by atoms with Crippen LogP contribution >= 0.6 is 11.3 Å². The number of carboxylic acids is 1. The highest BCUT2D eigenvalue weighted by molar-refractivity contribution is 7.09. The van der Waals surface area contributed by atoms with E-state index in [2.05, 4.69) is 10.1 Å². The normalized spacial score (nSPS) is 15.9. The lowest BCUT2D eigenvalue weighted by atomic mass is 9.97. The van der Waals surface area contributed by atoms with Gasteiger partial charge in [-0.05, 0) is 25.3 Å². The number of amides is 1. The first-order chi connectivity index (χ1) is 12.6. The number of piperidine rings is 1. The minimum absolute atomic E-state index is 0.0167. The van der Waals surface area contributed by atoms with Crippen LogP contribution in [0.4, 0.5) is 13.2 Å². The van der Waals surface area contributed by atoms with E-state index in [4.69, 9.17) is 5.11 Å². The smallest absolute Gasteiger partial charge is 0.435 e. The third kappa shape index (κ3) is 4.29. The molecule has 11 heteroatoms. The number of nitrogens with zero attached hydrogens (tertiary/aromatic N) is 4. The van der Waals surface area contributed by atoms with Crippen molar-refractivity contribution in [2.45, 2.75) is 38.4 Å². The quantitative estimate of drug-likeness (QED) is 0.850. The van der Waals surface area contributed by atoms with Gasteiger partial charge in [0, 0.05) is 30.6 Å². The Morgan fingerprint density at radius 3 is 2.52 bits per heavy atom. The van der Waals surface area contributed by atoms with Gasteiger partial charge in [-0.3, -0.25) is 9.48 Å². The number of halogens is 3. The Hall–Kier alpha value is -2.43. The first-order valence-electron chi connectivity index (χ1n) is 8.23. The van der Waals surface area contributed by atoms with E-state index in [9.17, 15) is 22.8 Å². The van der Waals surface area contributed by atoms with Crippen LogP contribution in [0.3, 0.4) is 0 Å². The van der Waals surface area contributed by atoms with E-state index in [0.717, 1.165) is 9.69 Å². The van der Waals surface area contributed by atoms with Crippen LogP contribution in [-0.4, -0.2) is 49.7 Å². The summed E-state index contributed by atoms with van der Waals surface area (Å²) < 4.78 is 39.4. The van der Waals surface area contributed by atoms with Crippen LogP contribution < -0.4 is 0 Å². The summed E-state index contributed by atoms with van der Waals surface area (Å²) in [4.78, 5) is 29.0. The number of carboxylic acid groups (broad SMARTS) is 1. The number of thiazole rings is 1. The highest BCUT2D eigenvalue weighted by Crippen LogP contribution is 2.31. The highest BCUT2D eigenvalue weighted by atomic mass is 32.1. The molecule has 0 aliphatic carbocycles. The Labute approximate surface area is 156 Å². The van der Waals surface area contributed by atoms with Crippen molar-refractivity contribution >= 4 is 23.2 Å². The lowest BCUT2D eigenvalue weighted by Gasteiger charge is -2.31. The van der Waals surface area contributed by atoms with Crippen molar-refractivity contribution in [3.05, 3.63) is 33.5 Å². The van der Waals surface area contributed by atoms with Crippen molar-refractivity contribution in [1.29, 1.82) is 0 Å². The zero-order valence-electron chi connectivity index (χ0n) is 14.4. The number of hydrogen-bond donors (Lipinski definition) is 1. The summed E-state index contributed by atoms with van der Waals surface area (Å²) in [6.45, 7) is 1.94. The van der Waals surface area contributed by atoms with Crippen LogP contribution in [0.25, 0.3) is 0 Å². The molecule has 1 N–H and O–H groups in total. The van der Waals surface area contributed by atoms with Crippen molar-refractivity contribution in [1.82, 2.24) is 19.7 Å². The number of likely N-dealkylation sites (tertiary alicyclic amines) is 1. The summed E-state index contributed by atoms with van der Waals surface area (Å²) in [6.07, 6.45) is -2.07. The van der Waals surface area contributed by atoms with Gasteiger partial charge in [0.1, 0.15) is 6.54 Å². The summed E-state index contributed by atoms with van der Waals surface area (Å²) in [5, 5.41) is 14.6. The van der Waals surface area contributed by atoms with Gasteiger partial charge in [-0.25, -0.2) is 9.78 Å². The lowest BCUT2D eigenvalue weighted by molar-refractivity contribution is -0.142. The Morgan fingerprint density at radius 2 is 2.00 bits per heavy atom. The van der Waals surface area contributed by atoms with Gasteiger partial charge < -0.3 is 10.0 Å². The maximum absolute atomic E-state index is 12.8. The minimum Gasteiger partial charge on any atom is -0.476 e. The summed E-state index contributed by atoms with van der Waals surface area (Å²) in [6, 6.07) is 0. The fourth-order valence-corrected chi connectivity index (χ4v) is 4.03. The summed E-state index contributed by atoms with van der Waals surface area (Å²) in [5.74, 6) is -1.29. The number of rotatable bonds is 4. The second-order valence-corrected chi connectivity index (χ2v) is 7.28. The standard InChI is InChI=1S/C16H17F3N4O3S/c1-9-6-23(21-13(9)16(17,18)19)7-12(24)22-4-2-10(3-5-22)14-20-11(8-27-14)15(25)26/h6,8,10H,2-5,7H2,1H3,(H,25,26). The predicted molar refractivity (Wildman–Crippen MR) is 89.6 cm³/mol. The molecule has 3 rings (SSSR count). The van der Waals surface area contributed by atoms with Crippen molar-refractivity contribution < 1.29 is 27.9 Å². The molecule has 0 radical (unpaired) electrons. The lowest BCUT2D eigenvalue weighted by Crippen LogP contribution is -2.39. The molecular weight excluding hydrogens is 385 g/mol. The van der Waals surface area contributed by atoms with Gasteiger partial charge in [0.15, 0.2) is 11.4 Å². The molecule has 146 valence electrons. The molecule has 0 bridgehead atoms. The second kappa shape index (κ2) is 7.29. The van der Waals surface area contributed by atoms with Crippen LogP contribution in [0.2, 0.25) is 0 Å². The van der Waals surface area contributed by atoms with Gasteiger partial charge in [0.05, 0.1) is 5.01 Å². The maximum Gasteiger partial charge on any atom is 0.435 e. The minimum atomic E-state index is -4.54. The van der Waals surface area contributed by atoms with E-state index >= 15 is 0 Å². The molecule has 3 heterocycles. The molecule has 2 aromatic heterocycles. The molecule has 1 aliphatic heterocycles. The first-order valence-corrected chi connectivity index (χ1v) is 9.11. The third-order valence-corrected chi connectivity index (χ3v) is 5.46. The van der Waals surface area contributed by atoms with Gasteiger partial charge in [-0.1, -0.05) is 0 Å². The second-order valence-electron chi connectivity index (χ2n) is 6.39. The number of hydrogen-bond acceptors (Lipinski definition) is 5. The van der Waals surface area contributed by atoms with Crippen LogP contribution in [-0.2, 0) is 17.5 Å². The average molecular weight is 402 g/mol. The fraction of sp³-hybridized carbons (Fsp3) is 0.500. The molecule has 27 heavy (non-hydrogen) atoms. The number of alkyl halides is 3. The van der Waals surface area contributed by atoms with Crippen molar-refractivity contribution in [3.63, 3.8) is 0 Å². The highest BCUT2D eigenvalue weighted by Gasteiger charge is 2.36. The van der Waals surface area contributed by atoms with Crippen molar-refractivity contribution in [2.75, 3.05) is 13.1 Å². The largest absolute Gasteiger partial charge is 0.476 e. The van der Waals surface area contributed by atoms with E-state index in [-0.39, 0.29) is 29.6 Å². The van der Waals surface area contributed by atoms with Gasteiger partial charge in [-0.15, -0.1) is 11.3 Å². The molecule has 2 aromatic rings. The first kappa shape index (κ1) is 19.3. The van der Waals surface area contributed by atoms with Gasteiger partial charge >= 0.3 is 12.1 Å². The molecular formula is C16H17F3N4O3S. The number of carbonyl (C=O) groups is 2. The summed E-state index contributed by atoms with van der Waals surface area (Å²) in [5.41, 5.74) is -0.984. The SMILES string of the molecule is Cc1cn(CC(=O)N2CCC(c3nc(C(=O)O)cs3)CC2)nc1C(F)(F)F. The van der Waals surface area contributed by atoms with Gasteiger partial charge in [0.2, 0.25) is 5.91 Å². The fourth-order valence-electron chi connectivity index (χ4n) is 3.07. The molecule has 1 aliphatic rings. The zero-order chi connectivity index (χ0) is 19.8. The average Bonchev–Trinajstić information content (AvgIpc) is 3.21. The van der Waals surface area contributed by atoms with Crippen LogP contribution in [0, 0.1) is 6.92 Å². The van der Waals surface area contributed by atoms with Crippen LogP contribution in [0.15, 0.2) is 11.6 Å². The number of aromatic carboxylic acids is 1. The Morgan fingerprint density at radius 1 is 1.33 bits per heavy atom. The molecule has 1 fully saturated rings. The predicted octanol–water partition coefficient (Wildman–Crippen LogP) is 2.77. The molecule has 7 nitrogen and oxygen atoms in total. The number of aromatic nitrogens is 3. The topological polar surface area (TPSA) is 88.3 Å². The Kier molecular flexibility index (Phi) is 5.22. The van der Waals surface area contributed by atoms with Gasteiger partial charge in [-0.2, -0.15) is 18.3 Å². The molecule has 0 saturated carbocycles. The molecule has 0 unspecified atom stereocenters.